The van der Waals surface area contributed by atoms with E-state index in [4.69, 9.17) is 4.98 Å². The molecule has 1 fully saturated rings. The zero-order valence-corrected chi connectivity index (χ0v) is 18.4. The Balaban J connectivity index is 1.38. The summed E-state index contributed by atoms with van der Waals surface area (Å²) in [6.45, 7) is 8.03. The Kier molecular flexibility index (Phi) is 8.07. The number of piperidine rings is 1. The Hall–Kier alpha value is -2.61. The monoisotopic (exact) mass is 413 g/mol. The van der Waals surface area contributed by atoms with Gasteiger partial charge in [-0.1, -0.05) is 13.0 Å². The van der Waals surface area contributed by atoms with Gasteiger partial charge in [0.15, 0.2) is 5.96 Å². The number of carbonyl (C=O) groups is 1. The first kappa shape index (κ1) is 22.1. The number of nitrogens with zero attached hydrogens (tertiary/aromatic N) is 4. The van der Waals surface area contributed by atoms with Crippen LogP contribution in [0.4, 0.5) is 0 Å². The lowest BCUT2D eigenvalue weighted by Crippen LogP contribution is -2.50. The topological polar surface area (TPSA) is 86.1 Å². The maximum absolute atomic E-state index is 11.9. The summed E-state index contributed by atoms with van der Waals surface area (Å²) in [4.78, 5) is 23.2. The number of amides is 1. The van der Waals surface area contributed by atoms with E-state index in [1.54, 1.807) is 7.05 Å². The number of fused-ring (bicyclic) bond motifs is 1. The molecule has 0 aromatic carbocycles. The van der Waals surface area contributed by atoms with Crippen LogP contribution in [0.3, 0.4) is 0 Å². The molecule has 0 saturated carbocycles. The van der Waals surface area contributed by atoms with Gasteiger partial charge in [0.25, 0.3) is 0 Å². The predicted molar refractivity (Wildman–Crippen MR) is 121 cm³/mol. The van der Waals surface area contributed by atoms with Crippen molar-refractivity contribution in [3.8, 4) is 0 Å². The van der Waals surface area contributed by atoms with Gasteiger partial charge in [-0.3, -0.25) is 14.7 Å². The number of likely N-dealkylation sites (tertiary alicyclic amines) is 1. The van der Waals surface area contributed by atoms with Crippen LogP contribution in [-0.2, 0) is 11.2 Å². The lowest BCUT2D eigenvalue weighted by Gasteiger charge is -2.32. The minimum absolute atomic E-state index is 0.128. The third kappa shape index (κ3) is 6.19. The number of rotatable bonds is 8. The lowest BCUT2D eigenvalue weighted by molar-refractivity contribution is -0.122. The molecule has 1 aliphatic heterocycles. The van der Waals surface area contributed by atoms with Gasteiger partial charge in [0.05, 0.1) is 12.2 Å². The van der Waals surface area contributed by atoms with Crippen LogP contribution in [0, 0.1) is 6.92 Å². The Morgan fingerprint density at radius 3 is 2.77 bits per heavy atom. The average Bonchev–Trinajstić information content (AvgIpc) is 3.17. The molecule has 2 aromatic heterocycles. The molecular formula is C22H35N7O. The van der Waals surface area contributed by atoms with Crippen molar-refractivity contribution in [2.45, 2.75) is 45.6 Å². The summed E-state index contributed by atoms with van der Waals surface area (Å²) in [5, 5.41) is 9.87. The molecule has 0 bridgehead atoms. The number of guanidine groups is 1. The first-order valence-electron chi connectivity index (χ1n) is 11.0. The zero-order valence-electron chi connectivity index (χ0n) is 18.4. The number of nitrogens with one attached hydrogen (secondary N) is 3. The van der Waals surface area contributed by atoms with Gasteiger partial charge in [-0.2, -0.15) is 0 Å². The quantitative estimate of drug-likeness (QED) is 0.449. The van der Waals surface area contributed by atoms with Crippen molar-refractivity contribution in [2.24, 2.45) is 4.99 Å². The van der Waals surface area contributed by atoms with Crippen LogP contribution >= 0.6 is 0 Å². The van der Waals surface area contributed by atoms with Crippen LogP contribution in [-0.4, -0.2) is 72.0 Å². The van der Waals surface area contributed by atoms with E-state index in [0.29, 0.717) is 12.6 Å². The second kappa shape index (κ2) is 11.0. The van der Waals surface area contributed by atoms with E-state index in [9.17, 15) is 4.79 Å². The number of carbonyl (C=O) groups excluding carboxylic acids is 1. The van der Waals surface area contributed by atoms with E-state index < -0.39 is 0 Å². The fourth-order valence-electron chi connectivity index (χ4n) is 3.78. The number of pyridine rings is 1. The van der Waals surface area contributed by atoms with Crippen LogP contribution < -0.4 is 16.0 Å². The summed E-state index contributed by atoms with van der Waals surface area (Å²) in [5.74, 6) is 0.956. The van der Waals surface area contributed by atoms with Gasteiger partial charge in [-0.25, -0.2) is 4.98 Å². The summed E-state index contributed by atoms with van der Waals surface area (Å²) in [6.07, 6.45) is 7.95. The van der Waals surface area contributed by atoms with Gasteiger partial charge in [0.2, 0.25) is 5.91 Å². The van der Waals surface area contributed by atoms with Gasteiger partial charge in [-0.15, -0.1) is 0 Å². The fourth-order valence-corrected chi connectivity index (χ4v) is 3.78. The summed E-state index contributed by atoms with van der Waals surface area (Å²) in [7, 11) is 1.80. The normalized spacial score (nSPS) is 16.0. The largest absolute Gasteiger partial charge is 0.356 e. The van der Waals surface area contributed by atoms with Gasteiger partial charge < -0.3 is 20.4 Å². The third-order valence-electron chi connectivity index (χ3n) is 5.49. The van der Waals surface area contributed by atoms with Crippen molar-refractivity contribution in [3.63, 3.8) is 0 Å². The highest BCUT2D eigenvalue weighted by Gasteiger charge is 2.21. The van der Waals surface area contributed by atoms with Crippen molar-refractivity contribution in [1.82, 2.24) is 30.2 Å². The van der Waals surface area contributed by atoms with E-state index in [1.165, 1.54) is 5.56 Å². The number of aryl methyl sites for hydroxylation is 1. The Bertz CT molecular complexity index is 852. The van der Waals surface area contributed by atoms with Crippen LogP contribution in [0.25, 0.3) is 5.65 Å². The number of aliphatic imine (C=N–C) groups is 1. The zero-order chi connectivity index (χ0) is 21.3. The highest BCUT2D eigenvalue weighted by Crippen LogP contribution is 2.11. The van der Waals surface area contributed by atoms with Gasteiger partial charge in [0, 0.05) is 58.1 Å². The molecule has 1 saturated heterocycles. The number of imidazole rings is 1. The molecule has 0 radical (unpaired) electrons. The van der Waals surface area contributed by atoms with Crippen molar-refractivity contribution >= 4 is 17.5 Å². The standard InChI is InChI=1S/C22H35N7O/c1-4-10-24-20(30)16-28-13-8-18(9-14-28)27-22(23-3)25-11-7-19-15-29-12-5-6-17(2)21(29)26-19/h5-6,12,15,18H,4,7-11,13-14,16H2,1-3H3,(H,24,30)(H2,23,25,27). The predicted octanol–water partition coefficient (Wildman–Crippen LogP) is 1.34. The summed E-state index contributed by atoms with van der Waals surface area (Å²) >= 11 is 0. The number of hydrogen-bond donors (Lipinski definition) is 3. The average molecular weight is 414 g/mol. The minimum atomic E-state index is 0.128. The van der Waals surface area contributed by atoms with Crippen LogP contribution in [0.5, 0.6) is 0 Å². The minimum Gasteiger partial charge on any atom is -0.356 e. The molecule has 3 rings (SSSR count). The SMILES string of the molecule is CCCNC(=O)CN1CCC(NC(=NC)NCCc2cn3cccc(C)c3n2)CC1. The molecule has 2 aromatic rings. The molecule has 164 valence electrons. The van der Waals surface area contributed by atoms with Crippen LogP contribution in [0.15, 0.2) is 29.5 Å². The lowest BCUT2D eigenvalue weighted by atomic mass is 10.1. The first-order valence-corrected chi connectivity index (χ1v) is 11.0. The molecule has 3 N–H and O–H groups in total. The van der Waals surface area contributed by atoms with E-state index in [-0.39, 0.29) is 5.91 Å². The van der Waals surface area contributed by atoms with Crippen molar-refractivity contribution in [2.75, 3.05) is 39.8 Å². The first-order chi connectivity index (χ1) is 14.6. The highest BCUT2D eigenvalue weighted by molar-refractivity contribution is 5.80. The van der Waals surface area contributed by atoms with Gasteiger partial charge in [-0.05, 0) is 37.8 Å². The molecule has 8 heteroatoms. The smallest absolute Gasteiger partial charge is 0.234 e. The van der Waals surface area contributed by atoms with E-state index in [2.05, 4.69) is 56.4 Å². The molecule has 1 aliphatic rings. The third-order valence-corrected chi connectivity index (χ3v) is 5.49. The second-order valence-electron chi connectivity index (χ2n) is 7.95. The maximum Gasteiger partial charge on any atom is 0.234 e. The Morgan fingerprint density at radius 2 is 2.07 bits per heavy atom. The van der Waals surface area contributed by atoms with Crippen molar-refractivity contribution < 1.29 is 4.79 Å². The number of hydrogen-bond acceptors (Lipinski definition) is 4. The highest BCUT2D eigenvalue weighted by atomic mass is 16.2. The molecule has 0 spiro atoms. The Labute approximate surface area is 179 Å². The molecule has 30 heavy (non-hydrogen) atoms. The Morgan fingerprint density at radius 1 is 1.27 bits per heavy atom. The fraction of sp³-hybridized carbons (Fsp3) is 0.591. The summed E-state index contributed by atoms with van der Waals surface area (Å²) < 4.78 is 2.08. The molecule has 8 nitrogen and oxygen atoms in total. The van der Waals surface area contributed by atoms with E-state index >= 15 is 0 Å². The molecule has 3 heterocycles. The van der Waals surface area contributed by atoms with Crippen LogP contribution in [0.1, 0.15) is 37.4 Å². The maximum atomic E-state index is 11.9. The van der Waals surface area contributed by atoms with Crippen molar-refractivity contribution in [3.05, 3.63) is 35.8 Å². The summed E-state index contributed by atoms with van der Waals surface area (Å²) in [6, 6.07) is 4.50. The second-order valence-corrected chi connectivity index (χ2v) is 7.95. The molecule has 0 unspecified atom stereocenters. The van der Waals surface area contributed by atoms with Crippen molar-refractivity contribution in [1.29, 1.82) is 0 Å². The van der Waals surface area contributed by atoms with E-state index in [0.717, 1.165) is 69.2 Å². The van der Waals surface area contributed by atoms with E-state index in [1.807, 2.05) is 12.3 Å². The van der Waals surface area contributed by atoms with Gasteiger partial charge >= 0.3 is 0 Å². The van der Waals surface area contributed by atoms with Crippen LogP contribution in [0.2, 0.25) is 0 Å². The molecule has 0 atom stereocenters. The summed E-state index contributed by atoms with van der Waals surface area (Å²) in [5.41, 5.74) is 3.27. The number of aromatic nitrogens is 2. The van der Waals surface area contributed by atoms with Gasteiger partial charge in [0.1, 0.15) is 5.65 Å². The molecular weight excluding hydrogens is 378 g/mol. The molecule has 0 aliphatic carbocycles. The molecule has 1 amide bonds.